The van der Waals surface area contributed by atoms with Crippen LogP contribution in [0.1, 0.15) is 55.1 Å². The first-order chi connectivity index (χ1) is 26.4. The van der Waals surface area contributed by atoms with Crippen LogP contribution in [-0.2, 0) is 17.6 Å². The smallest absolute Gasteiger partial charge is 0.442 e. The average molecular weight is 801 g/mol. The van der Waals surface area contributed by atoms with Gasteiger partial charge in [0.15, 0.2) is 11.4 Å². The number of hydrogen-bond acceptors (Lipinski definition) is 17. The van der Waals surface area contributed by atoms with Gasteiger partial charge in [-0.1, -0.05) is 22.4 Å². The predicted molar refractivity (Wildman–Crippen MR) is 192 cm³/mol. The van der Waals surface area contributed by atoms with E-state index >= 15 is 0 Å². The minimum atomic E-state index is -0.699. The maximum absolute atomic E-state index is 13.6. The van der Waals surface area contributed by atoms with Crippen LogP contribution in [0.5, 0.6) is 0 Å². The van der Waals surface area contributed by atoms with Crippen LogP contribution in [-0.4, -0.2) is 77.9 Å². The molecule has 2 aromatic carbocycles. The van der Waals surface area contributed by atoms with Crippen molar-refractivity contribution < 1.29 is 36.6 Å². The summed E-state index contributed by atoms with van der Waals surface area (Å²) in [5, 5.41) is 31.2. The number of carbonyl (C=O) groups is 1. The molecule has 0 saturated carbocycles. The average Bonchev–Trinajstić information content (AvgIpc) is 3.93. The second kappa shape index (κ2) is 16.1. The molecule has 0 bridgehead atoms. The van der Waals surface area contributed by atoms with Crippen molar-refractivity contribution in [3.63, 3.8) is 0 Å². The fourth-order valence-corrected chi connectivity index (χ4v) is 6.09. The summed E-state index contributed by atoms with van der Waals surface area (Å²) in [6, 6.07) is 8.13. The van der Waals surface area contributed by atoms with Crippen molar-refractivity contribution in [3.8, 4) is 23.0 Å². The largest absolute Gasteiger partial charge is 0.444 e. The summed E-state index contributed by atoms with van der Waals surface area (Å²) in [5.41, 5.74) is 8.56. The molecular weight excluding hydrogens is 766 g/mol. The third-order valence-corrected chi connectivity index (χ3v) is 8.58. The number of hydrogen-bond donors (Lipinski definition) is 4. The quantitative estimate of drug-likeness (QED) is 0.137. The minimum absolute atomic E-state index is 0. The van der Waals surface area contributed by atoms with E-state index < -0.39 is 35.1 Å². The second-order valence-corrected chi connectivity index (χ2v) is 13.4. The predicted octanol–water partition coefficient (Wildman–Crippen LogP) is 3.07. The number of fused-ring (bicyclic) bond motifs is 2. The summed E-state index contributed by atoms with van der Waals surface area (Å²) in [6.07, 6.45) is 0.548. The van der Waals surface area contributed by atoms with Gasteiger partial charge in [-0.05, 0) is 101 Å². The van der Waals surface area contributed by atoms with Crippen LogP contribution < -0.4 is 33.2 Å². The lowest BCUT2D eigenvalue weighted by Crippen LogP contribution is -2.35. The number of carbonyl (C=O) groups excluding carboxylic acids is 1. The third-order valence-electron chi connectivity index (χ3n) is 8.58. The van der Waals surface area contributed by atoms with Gasteiger partial charge in [-0.25, -0.2) is 41.6 Å². The van der Waals surface area contributed by atoms with Crippen molar-refractivity contribution in [1.82, 2.24) is 45.4 Å². The monoisotopic (exact) mass is 800 g/mol. The molecule has 296 valence electrons. The second-order valence-electron chi connectivity index (χ2n) is 13.4. The lowest BCUT2D eigenvalue weighted by Gasteiger charge is -2.30. The number of amides is 1. The molecular formula is C33H35ClF2N12O8. The zero-order valence-corrected chi connectivity index (χ0v) is 30.8. The minimum Gasteiger partial charge on any atom is -0.444 e. The molecule has 1 amide bonds. The topological polar surface area (TPSA) is 262 Å². The Morgan fingerprint density at radius 2 is 1.27 bits per heavy atom. The molecule has 0 saturated heterocycles. The van der Waals surface area contributed by atoms with Gasteiger partial charge in [0.2, 0.25) is 23.3 Å². The van der Waals surface area contributed by atoms with Crippen molar-refractivity contribution in [1.29, 1.82) is 0 Å². The third kappa shape index (κ3) is 8.00. The Kier molecular flexibility index (Phi) is 11.3. The van der Waals surface area contributed by atoms with E-state index in [2.05, 4.69) is 46.9 Å². The Balaban J connectivity index is 0.000000192. The molecule has 0 fully saturated rings. The highest BCUT2D eigenvalue weighted by molar-refractivity contribution is 5.85. The Labute approximate surface area is 320 Å². The van der Waals surface area contributed by atoms with E-state index in [1.54, 1.807) is 32.9 Å². The van der Waals surface area contributed by atoms with Gasteiger partial charge in [0.05, 0.1) is 12.1 Å². The zero-order chi connectivity index (χ0) is 38.9. The fraction of sp³-hybridized carbons (Fsp3) is 0.364. The number of ether oxygens (including phenoxy) is 1. The molecule has 8 rings (SSSR count). The van der Waals surface area contributed by atoms with Crippen molar-refractivity contribution >= 4 is 30.1 Å². The molecule has 4 heterocycles. The van der Waals surface area contributed by atoms with Crippen LogP contribution in [0.3, 0.4) is 0 Å². The van der Waals surface area contributed by atoms with Crippen LogP contribution in [0.25, 0.3) is 23.0 Å². The van der Waals surface area contributed by atoms with Gasteiger partial charge < -0.3 is 26.4 Å². The van der Waals surface area contributed by atoms with Crippen LogP contribution in [0.4, 0.5) is 25.2 Å². The van der Waals surface area contributed by atoms with Crippen molar-refractivity contribution in [2.45, 2.75) is 51.3 Å². The normalized spacial score (nSPS) is 15.2. The first kappa shape index (κ1) is 39.3. The molecule has 23 heteroatoms. The lowest BCUT2D eigenvalue weighted by atomic mass is 9.83. The lowest BCUT2D eigenvalue weighted by molar-refractivity contribution is 0.0530. The van der Waals surface area contributed by atoms with Gasteiger partial charge in [-0.2, -0.15) is 0 Å². The van der Waals surface area contributed by atoms with Crippen molar-refractivity contribution in [2.75, 3.05) is 36.8 Å². The highest BCUT2D eigenvalue weighted by atomic mass is 35.5. The Bertz CT molecular complexity index is 2450. The summed E-state index contributed by atoms with van der Waals surface area (Å²) < 4.78 is 54.0. The molecule has 5 N–H and O–H groups in total. The number of nitrogens with two attached hydrogens (primary N) is 1. The van der Waals surface area contributed by atoms with E-state index in [9.17, 15) is 23.2 Å². The number of rotatable bonds is 11. The molecule has 2 aliphatic carbocycles. The highest BCUT2D eigenvalue weighted by Crippen LogP contribution is 2.39. The summed E-state index contributed by atoms with van der Waals surface area (Å²) in [5.74, 6) is -1.31. The number of alkyl carbamates (subject to hydrolysis) is 1. The van der Waals surface area contributed by atoms with Crippen molar-refractivity contribution in [2.24, 2.45) is 5.73 Å². The van der Waals surface area contributed by atoms with Crippen molar-refractivity contribution in [3.05, 3.63) is 91.4 Å². The molecule has 2 atom stereocenters. The molecule has 6 aromatic rings. The molecule has 0 aliphatic heterocycles. The number of nitrogens with one attached hydrogen (secondary N) is 3. The summed E-state index contributed by atoms with van der Waals surface area (Å²) >= 11 is 0. The van der Waals surface area contributed by atoms with Crippen LogP contribution >= 0.6 is 12.4 Å². The standard InChI is InChI=1S/C19H21FN6O5.C14H13FN6O3.ClH/c1-19(2,3)29-17(27)22-7-6-21-15-14(23-31-24-15)16-25-30-18(28)26(16)13-8-10-4-5-11(20)9-12(10)13;15-8-2-1-7-5-10(9(7)6-8)21-13(20-23-14(21)22)11-12(17-4-3-16)19-24-18-11;/h4-5,9,13H,6-8H2,1-3H3,(H,21,24)(H,22,27);1-2,6,10H,3-5,16H2,(H,17,19);1H/t13-;10-;/m00./s1. The molecule has 2 aliphatic rings. The molecule has 20 nitrogen and oxygen atoms in total. The van der Waals surface area contributed by atoms with Gasteiger partial charge in [-0.3, -0.25) is 9.05 Å². The SMILES string of the molecule is CC(C)(C)OC(=O)NCCNc1nonc1-c1noc(=O)n1[C@H]1Cc2ccc(F)cc21.Cl.NCCNc1nonc1-c1noc(=O)n1[C@H]1Cc2ccc(F)cc21. The number of halogens is 3. The summed E-state index contributed by atoms with van der Waals surface area (Å²) in [4.78, 5) is 36.1. The van der Waals surface area contributed by atoms with Gasteiger partial charge in [0.25, 0.3) is 0 Å². The van der Waals surface area contributed by atoms with E-state index in [0.29, 0.717) is 37.3 Å². The van der Waals surface area contributed by atoms with Gasteiger partial charge in [-0.15, -0.1) is 12.4 Å². The van der Waals surface area contributed by atoms with E-state index in [1.807, 2.05) is 0 Å². The Morgan fingerprint density at radius 3 is 1.73 bits per heavy atom. The first-order valence-corrected chi connectivity index (χ1v) is 17.0. The number of anilines is 2. The van der Waals surface area contributed by atoms with E-state index in [1.165, 1.54) is 33.4 Å². The number of nitrogens with zero attached hydrogens (tertiary/aromatic N) is 8. The number of aromatic nitrogens is 8. The highest BCUT2D eigenvalue weighted by Gasteiger charge is 2.36. The Hall–Kier alpha value is -6.42. The molecule has 0 radical (unpaired) electrons. The van der Waals surface area contributed by atoms with E-state index in [4.69, 9.17) is 28.8 Å². The van der Waals surface area contributed by atoms with Crippen LogP contribution in [0, 0.1) is 11.6 Å². The molecule has 4 aromatic heterocycles. The van der Waals surface area contributed by atoms with Gasteiger partial charge in [0.1, 0.15) is 17.2 Å². The summed E-state index contributed by atoms with van der Waals surface area (Å²) in [6.45, 7) is 6.65. The van der Waals surface area contributed by atoms with E-state index in [-0.39, 0.29) is 66.2 Å². The van der Waals surface area contributed by atoms with E-state index in [0.717, 1.165) is 16.7 Å². The molecule has 0 unspecified atom stereocenters. The maximum Gasteiger partial charge on any atom is 0.442 e. The van der Waals surface area contributed by atoms with Gasteiger partial charge in [0, 0.05) is 26.2 Å². The maximum atomic E-state index is 13.6. The van der Waals surface area contributed by atoms with Gasteiger partial charge >= 0.3 is 17.6 Å². The fourth-order valence-electron chi connectivity index (χ4n) is 6.09. The molecule has 0 spiro atoms. The van der Waals surface area contributed by atoms with Crippen LogP contribution in [0.2, 0.25) is 0 Å². The summed E-state index contributed by atoms with van der Waals surface area (Å²) in [7, 11) is 0. The Morgan fingerprint density at radius 1 is 0.786 bits per heavy atom. The zero-order valence-electron chi connectivity index (χ0n) is 29.9. The number of benzene rings is 2. The van der Waals surface area contributed by atoms with Crippen LogP contribution in [0.15, 0.2) is 64.3 Å². The molecule has 56 heavy (non-hydrogen) atoms. The first-order valence-electron chi connectivity index (χ1n) is 17.0.